The Hall–Kier alpha value is -1.87. The summed E-state index contributed by atoms with van der Waals surface area (Å²) >= 11 is 0. The van der Waals surface area contributed by atoms with Gasteiger partial charge in [-0.15, -0.1) is 0 Å². The maximum Gasteiger partial charge on any atom is 0.166 e. The Morgan fingerprint density at radius 3 is 2.33 bits per heavy atom. The van der Waals surface area contributed by atoms with Gasteiger partial charge in [0, 0.05) is 6.04 Å². The van der Waals surface area contributed by atoms with Crippen molar-refractivity contribution >= 4 is 0 Å². The number of hydrogen-bond donors (Lipinski definition) is 1. The summed E-state index contributed by atoms with van der Waals surface area (Å²) in [4.78, 5) is 0. The van der Waals surface area contributed by atoms with Crippen LogP contribution in [0.3, 0.4) is 0 Å². The van der Waals surface area contributed by atoms with E-state index >= 15 is 0 Å². The summed E-state index contributed by atoms with van der Waals surface area (Å²) in [5, 5.41) is 3.27. The van der Waals surface area contributed by atoms with Crippen LogP contribution in [0.5, 0.6) is 11.5 Å². The molecule has 2 aromatic carbocycles. The first-order valence-electron chi connectivity index (χ1n) is 7.28. The highest BCUT2D eigenvalue weighted by Gasteiger charge is 2.10. The van der Waals surface area contributed by atoms with Gasteiger partial charge in [0.15, 0.2) is 11.6 Å². The lowest BCUT2D eigenvalue weighted by Gasteiger charge is -2.14. The molecule has 0 fully saturated rings. The summed E-state index contributed by atoms with van der Waals surface area (Å²) in [5.74, 6) is 0.586. The van der Waals surface area contributed by atoms with Crippen LogP contribution in [0.2, 0.25) is 0 Å². The molecule has 0 aliphatic carbocycles. The lowest BCUT2D eigenvalue weighted by atomic mass is 10.1. The molecule has 0 amide bonds. The number of benzene rings is 2. The molecule has 0 saturated heterocycles. The van der Waals surface area contributed by atoms with E-state index in [0.717, 1.165) is 23.2 Å². The quantitative estimate of drug-likeness (QED) is 0.844. The van der Waals surface area contributed by atoms with Gasteiger partial charge in [0.05, 0.1) is 0 Å². The number of hydrogen-bond acceptors (Lipinski definition) is 2. The van der Waals surface area contributed by atoms with Crippen LogP contribution >= 0.6 is 0 Å². The largest absolute Gasteiger partial charge is 0.454 e. The van der Waals surface area contributed by atoms with Crippen LogP contribution in [0.25, 0.3) is 0 Å². The molecule has 2 nitrogen and oxygen atoms in total. The molecule has 0 bridgehead atoms. The Bertz CT molecular complexity index is 604. The molecule has 0 radical (unpaired) electrons. The van der Waals surface area contributed by atoms with Crippen LogP contribution in [0.4, 0.5) is 4.39 Å². The molecular formula is C18H22FNO. The van der Waals surface area contributed by atoms with Gasteiger partial charge in [0.2, 0.25) is 0 Å². The van der Waals surface area contributed by atoms with Crippen molar-refractivity contribution in [1.29, 1.82) is 0 Å². The first-order chi connectivity index (χ1) is 9.99. The van der Waals surface area contributed by atoms with Gasteiger partial charge in [0.25, 0.3) is 0 Å². The highest BCUT2D eigenvalue weighted by atomic mass is 19.1. The van der Waals surface area contributed by atoms with Crippen molar-refractivity contribution in [3.63, 3.8) is 0 Å². The topological polar surface area (TPSA) is 21.3 Å². The Morgan fingerprint density at radius 1 is 1.10 bits per heavy atom. The zero-order valence-corrected chi connectivity index (χ0v) is 13.0. The summed E-state index contributed by atoms with van der Waals surface area (Å²) in [5.41, 5.74) is 3.12. The zero-order valence-electron chi connectivity index (χ0n) is 13.0. The number of rotatable bonds is 5. The van der Waals surface area contributed by atoms with E-state index in [4.69, 9.17) is 4.74 Å². The maximum absolute atomic E-state index is 14.2. The lowest BCUT2D eigenvalue weighted by Crippen LogP contribution is -2.17. The first-order valence-corrected chi connectivity index (χ1v) is 7.28. The van der Waals surface area contributed by atoms with Crippen molar-refractivity contribution in [3.8, 4) is 11.5 Å². The summed E-state index contributed by atoms with van der Waals surface area (Å²) in [7, 11) is 0. The molecule has 21 heavy (non-hydrogen) atoms. The normalized spacial score (nSPS) is 12.2. The number of ether oxygens (including phenoxy) is 1. The van der Waals surface area contributed by atoms with Crippen LogP contribution in [0.15, 0.2) is 36.4 Å². The van der Waals surface area contributed by atoms with E-state index in [1.165, 1.54) is 6.07 Å². The smallest absolute Gasteiger partial charge is 0.166 e. The molecule has 2 aromatic rings. The fraction of sp³-hybridized carbons (Fsp3) is 0.333. The predicted octanol–water partition coefficient (Wildman–Crippen LogP) is 4.91. The van der Waals surface area contributed by atoms with Crippen molar-refractivity contribution in [2.24, 2.45) is 0 Å². The Labute approximate surface area is 126 Å². The molecular weight excluding hydrogens is 265 g/mol. The SMILES string of the molecule is CCNC(C)c1ccc(Oc2cc(C)cc(C)c2)c(F)c1. The van der Waals surface area contributed by atoms with Crippen LogP contribution in [-0.4, -0.2) is 6.54 Å². The van der Waals surface area contributed by atoms with Gasteiger partial charge in [-0.1, -0.05) is 19.1 Å². The monoisotopic (exact) mass is 287 g/mol. The standard InChI is InChI=1S/C18H22FNO/c1-5-20-14(4)15-6-7-18(17(19)11-15)21-16-9-12(2)8-13(3)10-16/h6-11,14,20H,5H2,1-4H3. The molecule has 3 heteroatoms. The average molecular weight is 287 g/mol. The van der Waals surface area contributed by atoms with Crippen molar-refractivity contribution in [2.45, 2.75) is 33.7 Å². The van der Waals surface area contributed by atoms with E-state index in [0.29, 0.717) is 5.75 Å². The van der Waals surface area contributed by atoms with Crippen molar-refractivity contribution in [3.05, 3.63) is 58.9 Å². The molecule has 0 heterocycles. The molecule has 1 unspecified atom stereocenters. The van der Waals surface area contributed by atoms with E-state index < -0.39 is 0 Å². The van der Waals surface area contributed by atoms with Crippen LogP contribution in [-0.2, 0) is 0 Å². The van der Waals surface area contributed by atoms with Gasteiger partial charge in [-0.3, -0.25) is 0 Å². The summed E-state index contributed by atoms with van der Waals surface area (Å²) in [6.07, 6.45) is 0. The first kappa shape index (κ1) is 15.5. The van der Waals surface area contributed by atoms with E-state index in [2.05, 4.69) is 11.4 Å². The number of halogens is 1. The van der Waals surface area contributed by atoms with E-state index in [9.17, 15) is 4.39 Å². The second-order valence-electron chi connectivity index (χ2n) is 5.39. The Morgan fingerprint density at radius 2 is 1.76 bits per heavy atom. The molecule has 2 rings (SSSR count). The minimum Gasteiger partial charge on any atom is -0.454 e. The third-order valence-corrected chi connectivity index (χ3v) is 3.39. The zero-order chi connectivity index (χ0) is 15.4. The molecule has 0 aliphatic heterocycles. The molecule has 0 aromatic heterocycles. The van der Waals surface area contributed by atoms with Crippen LogP contribution < -0.4 is 10.1 Å². The molecule has 1 N–H and O–H groups in total. The highest BCUT2D eigenvalue weighted by Crippen LogP contribution is 2.28. The number of aryl methyl sites for hydroxylation is 2. The summed E-state index contributed by atoms with van der Waals surface area (Å²) in [6.45, 7) is 8.89. The van der Waals surface area contributed by atoms with Gasteiger partial charge in [-0.05, 0) is 68.3 Å². The predicted molar refractivity (Wildman–Crippen MR) is 84.5 cm³/mol. The number of nitrogens with one attached hydrogen (secondary N) is 1. The second kappa shape index (κ2) is 6.72. The van der Waals surface area contributed by atoms with Crippen LogP contribution in [0, 0.1) is 19.7 Å². The van der Waals surface area contributed by atoms with Crippen molar-refractivity contribution in [2.75, 3.05) is 6.54 Å². The summed E-state index contributed by atoms with van der Waals surface area (Å²) in [6, 6.07) is 11.1. The minimum absolute atomic E-state index is 0.125. The van der Waals surface area contributed by atoms with E-state index in [1.807, 2.05) is 45.9 Å². The van der Waals surface area contributed by atoms with E-state index in [-0.39, 0.29) is 17.6 Å². The van der Waals surface area contributed by atoms with Gasteiger partial charge in [0.1, 0.15) is 5.75 Å². The molecule has 0 spiro atoms. The van der Waals surface area contributed by atoms with Crippen molar-refractivity contribution < 1.29 is 9.13 Å². The molecule has 0 aliphatic rings. The maximum atomic E-state index is 14.2. The molecule has 112 valence electrons. The Balaban J connectivity index is 2.21. The highest BCUT2D eigenvalue weighted by molar-refractivity contribution is 5.38. The molecule has 0 saturated carbocycles. The average Bonchev–Trinajstić information content (AvgIpc) is 2.40. The Kier molecular flexibility index (Phi) is 4.97. The van der Waals surface area contributed by atoms with Crippen LogP contribution in [0.1, 0.15) is 36.6 Å². The third kappa shape index (κ3) is 4.05. The fourth-order valence-corrected chi connectivity index (χ4v) is 2.41. The summed E-state index contributed by atoms with van der Waals surface area (Å²) < 4.78 is 19.9. The fourth-order valence-electron chi connectivity index (χ4n) is 2.41. The van der Waals surface area contributed by atoms with E-state index in [1.54, 1.807) is 6.07 Å². The van der Waals surface area contributed by atoms with Crippen molar-refractivity contribution in [1.82, 2.24) is 5.32 Å². The second-order valence-corrected chi connectivity index (χ2v) is 5.39. The van der Waals surface area contributed by atoms with Gasteiger partial charge in [-0.25, -0.2) is 4.39 Å². The third-order valence-electron chi connectivity index (χ3n) is 3.39. The lowest BCUT2D eigenvalue weighted by molar-refractivity contribution is 0.440. The van der Waals surface area contributed by atoms with Gasteiger partial charge < -0.3 is 10.1 Å². The van der Waals surface area contributed by atoms with Gasteiger partial charge >= 0.3 is 0 Å². The minimum atomic E-state index is -0.337. The van der Waals surface area contributed by atoms with Gasteiger partial charge in [-0.2, -0.15) is 0 Å². The molecule has 1 atom stereocenters.